The molecule has 1 aromatic heterocycles. The summed E-state index contributed by atoms with van der Waals surface area (Å²) in [7, 11) is 3.06. The molecule has 3 rings (SSSR count). The van der Waals surface area contributed by atoms with Gasteiger partial charge in [-0.25, -0.2) is 9.37 Å². The van der Waals surface area contributed by atoms with Crippen LogP contribution in [-0.4, -0.2) is 31.1 Å². The van der Waals surface area contributed by atoms with Gasteiger partial charge in [0.1, 0.15) is 23.9 Å². The quantitative estimate of drug-likeness (QED) is 0.483. The molecule has 0 spiro atoms. The second-order valence-corrected chi connectivity index (χ2v) is 7.28. The Balaban J connectivity index is 1.67. The van der Waals surface area contributed by atoms with E-state index in [-0.39, 0.29) is 24.6 Å². The highest BCUT2D eigenvalue weighted by molar-refractivity contribution is 7.14. The van der Waals surface area contributed by atoms with Crippen LogP contribution in [0, 0.1) is 5.82 Å². The van der Waals surface area contributed by atoms with Crippen molar-refractivity contribution in [2.24, 2.45) is 0 Å². The lowest BCUT2D eigenvalue weighted by molar-refractivity contribution is -0.144. The summed E-state index contributed by atoms with van der Waals surface area (Å²) in [5.74, 6) is -0.234. The zero-order chi connectivity index (χ0) is 22.4. The number of aromatic nitrogens is 1. The molecule has 1 amide bonds. The minimum atomic E-state index is -0.533. The summed E-state index contributed by atoms with van der Waals surface area (Å²) >= 11 is 1.16. The van der Waals surface area contributed by atoms with Gasteiger partial charge in [-0.05, 0) is 18.2 Å². The molecule has 0 saturated carbocycles. The number of nitrogens with zero attached hydrogens (tertiary/aromatic N) is 2. The van der Waals surface area contributed by atoms with Crippen molar-refractivity contribution in [2.75, 3.05) is 19.1 Å². The number of hydrogen-bond donors (Lipinski definition) is 0. The average Bonchev–Trinajstić information content (AvgIpc) is 3.22. The summed E-state index contributed by atoms with van der Waals surface area (Å²) in [5, 5.41) is 1.95. The van der Waals surface area contributed by atoms with Gasteiger partial charge in [-0.2, -0.15) is 0 Å². The van der Waals surface area contributed by atoms with Crippen LogP contribution in [0.4, 0.5) is 15.2 Å². The summed E-state index contributed by atoms with van der Waals surface area (Å²) in [6.07, 6.45) is 0.0129. The zero-order valence-electron chi connectivity index (χ0n) is 17.3. The molecular formula is C22H21FN2O5S. The lowest BCUT2D eigenvalue weighted by Gasteiger charge is -2.18. The van der Waals surface area contributed by atoms with E-state index in [2.05, 4.69) is 4.98 Å². The molecule has 2 aromatic carbocycles. The first-order valence-corrected chi connectivity index (χ1v) is 10.2. The fourth-order valence-electron chi connectivity index (χ4n) is 2.86. The summed E-state index contributed by atoms with van der Waals surface area (Å²) in [5.41, 5.74) is 1.23. The van der Waals surface area contributed by atoms with E-state index < -0.39 is 11.8 Å². The van der Waals surface area contributed by atoms with Gasteiger partial charge in [0.2, 0.25) is 5.91 Å². The van der Waals surface area contributed by atoms with Crippen molar-refractivity contribution in [3.05, 3.63) is 64.9 Å². The first-order valence-electron chi connectivity index (χ1n) is 9.29. The van der Waals surface area contributed by atoms with Crippen molar-refractivity contribution < 1.29 is 28.2 Å². The Morgan fingerprint density at radius 3 is 2.58 bits per heavy atom. The molecule has 0 aliphatic rings. The maximum absolute atomic E-state index is 14.2. The van der Waals surface area contributed by atoms with E-state index in [0.717, 1.165) is 11.3 Å². The van der Waals surface area contributed by atoms with Crippen molar-refractivity contribution in [3.63, 3.8) is 0 Å². The number of thiazole rings is 1. The molecule has 0 saturated heterocycles. The summed E-state index contributed by atoms with van der Waals surface area (Å²) in [6, 6.07) is 11.1. The van der Waals surface area contributed by atoms with Crippen LogP contribution in [0.15, 0.2) is 47.8 Å². The molecule has 0 bridgehead atoms. The Morgan fingerprint density at radius 2 is 1.90 bits per heavy atom. The van der Waals surface area contributed by atoms with E-state index in [1.54, 1.807) is 42.8 Å². The normalized spacial score (nSPS) is 10.5. The van der Waals surface area contributed by atoms with Crippen molar-refractivity contribution in [1.82, 2.24) is 4.98 Å². The predicted molar refractivity (Wildman–Crippen MR) is 114 cm³/mol. The monoisotopic (exact) mass is 444 g/mol. The molecule has 0 fully saturated rings. The number of amides is 1. The molecule has 0 aliphatic heterocycles. The molecule has 0 N–H and O–H groups in total. The molecular weight excluding hydrogens is 423 g/mol. The molecule has 162 valence electrons. The minimum absolute atomic E-state index is 0.0129. The molecule has 31 heavy (non-hydrogen) atoms. The Kier molecular flexibility index (Phi) is 7.19. The predicted octanol–water partition coefficient (Wildman–Crippen LogP) is 4.27. The third-order valence-corrected chi connectivity index (χ3v) is 5.22. The average molecular weight is 444 g/mol. The second kappa shape index (κ2) is 10.0. The van der Waals surface area contributed by atoms with Gasteiger partial charge in [0.05, 0.1) is 32.0 Å². The molecule has 0 radical (unpaired) electrons. The molecule has 0 atom stereocenters. The number of methoxy groups -OCH3 is 2. The van der Waals surface area contributed by atoms with E-state index in [4.69, 9.17) is 14.2 Å². The number of para-hydroxylation sites is 1. The van der Waals surface area contributed by atoms with Crippen LogP contribution in [0.5, 0.6) is 11.5 Å². The third kappa shape index (κ3) is 5.37. The molecule has 3 aromatic rings. The van der Waals surface area contributed by atoms with Crippen molar-refractivity contribution in [3.8, 4) is 11.5 Å². The maximum Gasteiger partial charge on any atom is 0.310 e. The van der Waals surface area contributed by atoms with Gasteiger partial charge in [0, 0.05) is 23.9 Å². The van der Waals surface area contributed by atoms with Gasteiger partial charge in [0.15, 0.2) is 5.13 Å². The molecule has 0 aliphatic carbocycles. The SMILES string of the molecule is COc1ccc(CC(=O)OCc2csc(N(C(C)=O)c3ccccc3F)n2)c(OC)c1. The Bertz CT molecular complexity index is 1090. The number of benzene rings is 2. The van der Waals surface area contributed by atoms with Gasteiger partial charge < -0.3 is 14.2 Å². The smallest absolute Gasteiger partial charge is 0.310 e. The topological polar surface area (TPSA) is 78.0 Å². The van der Waals surface area contributed by atoms with Gasteiger partial charge in [-0.15, -0.1) is 11.3 Å². The van der Waals surface area contributed by atoms with E-state index in [1.165, 1.54) is 31.1 Å². The number of hydrogen-bond acceptors (Lipinski definition) is 7. The fourth-order valence-corrected chi connectivity index (χ4v) is 3.73. The van der Waals surface area contributed by atoms with Crippen LogP contribution >= 0.6 is 11.3 Å². The van der Waals surface area contributed by atoms with E-state index in [0.29, 0.717) is 27.9 Å². The second-order valence-electron chi connectivity index (χ2n) is 6.44. The summed E-state index contributed by atoms with van der Waals surface area (Å²) in [4.78, 5) is 29.9. The lowest BCUT2D eigenvalue weighted by Crippen LogP contribution is -2.23. The van der Waals surface area contributed by atoms with Crippen molar-refractivity contribution in [1.29, 1.82) is 0 Å². The zero-order valence-corrected chi connectivity index (χ0v) is 18.1. The first kappa shape index (κ1) is 22.2. The number of rotatable bonds is 8. The molecule has 1 heterocycles. The van der Waals surface area contributed by atoms with E-state index in [9.17, 15) is 14.0 Å². The molecule has 9 heteroatoms. The number of carbonyl (C=O) groups excluding carboxylic acids is 2. The fraction of sp³-hybridized carbons (Fsp3) is 0.227. The van der Waals surface area contributed by atoms with E-state index in [1.807, 2.05) is 0 Å². The summed E-state index contributed by atoms with van der Waals surface area (Å²) < 4.78 is 29.9. The number of anilines is 2. The largest absolute Gasteiger partial charge is 0.497 e. The third-order valence-electron chi connectivity index (χ3n) is 4.35. The maximum atomic E-state index is 14.2. The lowest BCUT2D eigenvalue weighted by atomic mass is 10.1. The Morgan fingerprint density at radius 1 is 1.13 bits per heavy atom. The number of carbonyl (C=O) groups is 2. The van der Waals surface area contributed by atoms with Gasteiger partial charge in [-0.3, -0.25) is 14.5 Å². The van der Waals surface area contributed by atoms with Crippen molar-refractivity contribution in [2.45, 2.75) is 20.0 Å². The minimum Gasteiger partial charge on any atom is -0.497 e. The van der Waals surface area contributed by atoms with Crippen molar-refractivity contribution >= 4 is 34.0 Å². The van der Waals surface area contributed by atoms with Crippen LogP contribution < -0.4 is 14.4 Å². The number of ether oxygens (including phenoxy) is 3. The number of halogens is 1. The Labute approximate surface area is 183 Å². The standard InChI is InChI=1S/C22H21FN2O5S/c1-14(26)25(19-7-5-4-6-18(19)23)22-24-16(13-31-22)12-30-21(27)10-15-8-9-17(28-2)11-20(15)29-3/h4-9,11,13H,10,12H2,1-3H3. The highest BCUT2D eigenvalue weighted by Gasteiger charge is 2.21. The van der Waals surface area contributed by atoms with Crippen LogP contribution in [0.2, 0.25) is 0 Å². The highest BCUT2D eigenvalue weighted by Crippen LogP contribution is 2.31. The van der Waals surface area contributed by atoms with E-state index >= 15 is 0 Å². The van der Waals surface area contributed by atoms with Gasteiger partial charge in [0.25, 0.3) is 0 Å². The molecule has 0 unspecified atom stereocenters. The first-order chi connectivity index (χ1) is 14.9. The van der Waals surface area contributed by atoms with Gasteiger partial charge in [-0.1, -0.05) is 18.2 Å². The molecule has 7 nitrogen and oxygen atoms in total. The van der Waals surface area contributed by atoms with Crippen LogP contribution in [0.3, 0.4) is 0 Å². The number of esters is 1. The Hall–Kier alpha value is -3.46. The van der Waals surface area contributed by atoms with Crippen LogP contribution in [0.1, 0.15) is 18.2 Å². The summed E-state index contributed by atoms with van der Waals surface area (Å²) in [6.45, 7) is 1.26. The van der Waals surface area contributed by atoms with Crippen LogP contribution in [-0.2, 0) is 27.4 Å². The van der Waals surface area contributed by atoms with Gasteiger partial charge >= 0.3 is 5.97 Å². The highest BCUT2D eigenvalue weighted by atomic mass is 32.1. The van der Waals surface area contributed by atoms with Crippen LogP contribution in [0.25, 0.3) is 0 Å².